The predicted molar refractivity (Wildman–Crippen MR) is 163 cm³/mol. The van der Waals surface area contributed by atoms with Gasteiger partial charge in [-0.3, -0.25) is 24.0 Å². The molecule has 13 nitrogen and oxygen atoms in total. The van der Waals surface area contributed by atoms with Crippen LogP contribution in [0.15, 0.2) is 24.5 Å². The molecule has 0 saturated heterocycles. The van der Waals surface area contributed by atoms with Crippen molar-refractivity contribution in [2.24, 2.45) is 11.8 Å². The first-order valence-corrected chi connectivity index (χ1v) is 15.2. The number of nitrogens with one attached hydrogen (secondary N) is 6. The zero-order valence-electron chi connectivity index (χ0n) is 26.8. The Morgan fingerprint density at radius 3 is 1.95 bits per heavy atom. The Morgan fingerprint density at radius 1 is 0.791 bits per heavy atom. The minimum atomic E-state index is -0.892. The summed E-state index contributed by atoms with van der Waals surface area (Å²) in [5.74, 6) is -2.24. The molecule has 0 radical (unpaired) electrons. The molecule has 0 fully saturated rings. The van der Waals surface area contributed by atoms with Crippen molar-refractivity contribution in [3.05, 3.63) is 35.3 Å². The van der Waals surface area contributed by atoms with E-state index in [-0.39, 0.29) is 47.7 Å². The van der Waals surface area contributed by atoms with Crippen molar-refractivity contribution >= 4 is 29.5 Å². The summed E-state index contributed by atoms with van der Waals surface area (Å²) in [6.07, 6.45) is 4.02. The van der Waals surface area contributed by atoms with Crippen LogP contribution in [-0.4, -0.2) is 72.8 Å². The zero-order chi connectivity index (χ0) is 32.7. The summed E-state index contributed by atoms with van der Waals surface area (Å²) < 4.78 is 0.562. The number of carbonyl (C=O) groups excluding carboxylic acids is 5. The van der Waals surface area contributed by atoms with Crippen LogP contribution < -0.4 is 36.6 Å². The molecule has 6 atom stereocenters. The third kappa shape index (κ3) is 12.6. The van der Waals surface area contributed by atoms with Crippen LogP contribution in [0.1, 0.15) is 85.0 Å². The van der Waals surface area contributed by atoms with Gasteiger partial charge in [0.2, 0.25) is 23.6 Å². The minimum Gasteiger partial charge on any atom is -0.619 e. The van der Waals surface area contributed by atoms with Gasteiger partial charge in [0, 0.05) is 31.3 Å². The van der Waals surface area contributed by atoms with E-state index in [0.29, 0.717) is 30.5 Å². The molecule has 242 valence electrons. The number of hydrogen-bond donors (Lipinski definition) is 6. The van der Waals surface area contributed by atoms with Gasteiger partial charge in [-0.2, -0.15) is 4.73 Å². The molecule has 1 rings (SSSR count). The van der Waals surface area contributed by atoms with Crippen LogP contribution in [-0.2, 0) is 19.2 Å². The van der Waals surface area contributed by atoms with E-state index in [2.05, 4.69) is 31.9 Å². The van der Waals surface area contributed by atoms with E-state index < -0.39 is 36.0 Å². The maximum atomic E-state index is 13.3. The number of carbonyl (C=O) groups is 5. The summed E-state index contributed by atoms with van der Waals surface area (Å²) in [6.45, 7) is 15.3. The lowest BCUT2D eigenvalue weighted by atomic mass is 9.97. The van der Waals surface area contributed by atoms with E-state index in [1.807, 2.05) is 41.5 Å². The van der Waals surface area contributed by atoms with Crippen molar-refractivity contribution in [2.75, 3.05) is 13.1 Å². The molecule has 0 aliphatic rings. The highest BCUT2D eigenvalue weighted by atomic mass is 16.5. The van der Waals surface area contributed by atoms with Crippen LogP contribution in [0.4, 0.5) is 0 Å². The first-order chi connectivity index (χ1) is 20.2. The molecule has 0 aromatic carbocycles. The Bertz CT molecular complexity index is 1070. The molecular weight excluding hydrogens is 554 g/mol. The molecule has 0 spiro atoms. The van der Waals surface area contributed by atoms with Gasteiger partial charge in [-0.15, -0.1) is 0 Å². The highest BCUT2D eigenvalue weighted by Crippen LogP contribution is 2.11. The molecule has 43 heavy (non-hydrogen) atoms. The van der Waals surface area contributed by atoms with Gasteiger partial charge < -0.3 is 37.1 Å². The molecule has 13 heteroatoms. The Morgan fingerprint density at radius 2 is 1.42 bits per heavy atom. The van der Waals surface area contributed by atoms with Gasteiger partial charge in [0.15, 0.2) is 12.4 Å². The molecule has 0 aliphatic heterocycles. The monoisotopic (exact) mass is 605 g/mol. The van der Waals surface area contributed by atoms with Crippen molar-refractivity contribution < 1.29 is 28.7 Å². The van der Waals surface area contributed by atoms with Gasteiger partial charge in [-0.1, -0.05) is 47.5 Å². The van der Waals surface area contributed by atoms with Crippen LogP contribution in [0.3, 0.4) is 0 Å². The quantitative estimate of drug-likeness (QED) is 0.104. The van der Waals surface area contributed by atoms with Gasteiger partial charge in [-0.25, -0.2) is 0 Å². The topological polar surface area (TPSA) is 184 Å². The zero-order valence-corrected chi connectivity index (χ0v) is 26.8. The molecule has 1 aromatic rings. The lowest BCUT2D eigenvalue weighted by molar-refractivity contribution is -0.605. The van der Waals surface area contributed by atoms with Gasteiger partial charge in [0.25, 0.3) is 5.91 Å². The number of aromatic nitrogens is 1. The first-order valence-electron chi connectivity index (χ1n) is 15.2. The Kier molecular flexibility index (Phi) is 16.2. The molecule has 0 unspecified atom stereocenters. The summed E-state index contributed by atoms with van der Waals surface area (Å²) in [5, 5.41) is 28.3. The minimum absolute atomic E-state index is 0.0932. The summed E-state index contributed by atoms with van der Waals surface area (Å²) in [7, 11) is 0. The molecule has 1 aromatic heterocycles. The average molecular weight is 606 g/mol. The van der Waals surface area contributed by atoms with Crippen LogP contribution in [0.2, 0.25) is 0 Å². The van der Waals surface area contributed by atoms with E-state index in [1.54, 1.807) is 13.8 Å². The van der Waals surface area contributed by atoms with Gasteiger partial charge in [-0.05, 0) is 39.0 Å². The number of rotatable bonds is 18. The fraction of sp³-hybridized carbons (Fsp3) is 0.667. The van der Waals surface area contributed by atoms with E-state index in [4.69, 9.17) is 0 Å². The molecule has 1 heterocycles. The number of nitrogens with zero attached hydrogens (tertiary/aromatic N) is 1. The van der Waals surface area contributed by atoms with Gasteiger partial charge in [0.05, 0.1) is 11.6 Å². The van der Waals surface area contributed by atoms with Crippen molar-refractivity contribution in [3.8, 4) is 0 Å². The second-order valence-electron chi connectivity index (χ2n) is 11.3. The third-order valence-electron chi connectivity index (χ3n) is 7.17. The highest BCUT2D eigenvalue weighted by Gasteiger charge is 2.31. The predicted octanol–water partition coefficient (Wildman–Crippen LogP) is 0.509. The Balaban J connectivity index is 2.79. The van der Waals surface area contributed by atoms with Gasteiger partial charge >= 0.3 is 0 Å². The Hall–Kier alpha value is -3.74. The number of amides is 5. The molecule has 5 amide bonds. The van der Waals surface area contributed by atoms with E-state index in [1.165, 1.54) is 24.5 Å². The SMILES string of the molecule is CCC[C@H](NC(=O)[C@@H](NC(=O)c1cc[n+]([O-])cc1)[C@@H](C)CC)C(=O)N[C@@H](C)CN[C@@H](C)C(=O)N[C@H](C(=O)NCC)C(C)C. The summed E-state index contributed by atoms with van der Waals surface area (Å²) in [6, 6.07) is -0.644. The molecule has 0 bridgehead atoms. The molecule has 0 saturated carbocycles. The lowest BCUT2D eigenvalue weighted by Gasteiger charge is -2.27. The fourth-order valence-corrected chi connectivity index (χ4v) is 4.25. The van der Waals surface area contributed by atoms with Crippen LogP contribution in [0.25, 0.3) is 0 Å². The molecule has 0 aliphatic carbocycles. The highest BCUT2D eigenvalue weighted by molar-refractivity contribution is 5.98. The van der Waals surface area contributed by atoms with Crippen LogP contribution in [0.5, 0.6) is 0 Å². The van der Waals surface area contributed by atoms with Crippen molar-refractivity contribution in [1.82, 2.24) is 31.9 Å². The lowest BCUT2D eigenvalue weighted by Crippen LogP contribution is -2.57. The van der Waals surface area contributed by atoms with E-state index in [9.17, 15) is 29.2 Å². The normalized spacial score (nSPS) is 15.3. The second-order valence-corrected chi connectivity index (χ2v) is 11.3. The molecular formula is C30H51N7O6. The largest absolute Gasteiger partial charge is 0.619 e. The number of hydrogen-bond acceptors (Lipinski definition) is 7. The summed E-state index contributed by atoms with van der Waals surface area (Å²) >= 11 is 0. The third-order valence-corrected chi connectivity index (χ3v) is 7.17. The number of likely N-dealkylation sites (N-methyl/N-ethyl adjacent to an activating group) is 1. The van der Waals surface area contributed by atoms with Crippen molar-refractivity contribution in [3.63, 3.8) is 0 Å². The smallest absolute Gasteiger partial charge is 0.252 e. The van der Waals surface area contributed by atoms with Crippen molar-refractivity contribution in [1.29, 1.82) is 0 Å². The number of pyridine rings is 1. The Labute approximate surface area is 255 Å². The van der Waals surface area contributed by atoms with E-state index >= 15 is 0 Å². The summed E-state index contributed by atoms with van der Waals surface area (Å²) in [5.41, 5.74) is 0.240. The van der Waals surface area contributed by atoms with Gasteiger partial charge in [0.1, 0.15) is 18.1 Å². The maximum Gasteiger partial charge on any atom is 0.252 e. The second kappa shape index (κ2) is 18.7. The fourth-order valence-electron chi connectivity index (χ4n) is 4.25. The van der Waals surface area contributed by atoms with E-state index in [0.717, 1.165) is 0 Å². The first kappa shape index (κ1) is 37.3. The standard InChI is InChI=1S/C30H51N7O6/c1-9-12-23(34-30(42)25(19(6)10-2)36-27(39)22-13-15-37(43)16-14-22)28(40)33-20(7)17-32-21(8)26(38)35-24(18(4)5)29(41)31-11-3/h13-16,18-21,23-25,32H,9-12,17H2,1-8H3,(H,31,41)(H,33,40)(H,34,42)(H,35,38)(H,36,39)/t19-,20-,21-,23-,24-,25-/m0/s1. The molecule has 6 N–H and O–H groups in total. The van der Waals surface area contributed by atoms with Crippen molar-refractivity contribution in [2.45, 2.75) is 105 Å². The maximum absolute atomic E-state index is 13.3. The van der Waals surface area contributed by atoms with Crippen LogP contribution >= 0.6 is 0 Å². The average Bonchev–Trinajstić information content (AvgIpc) is 2.96. The summed E-state index contributed by atoms with van der Waals surface area (Å²) in [4.78, 5) is 64.2. The van der Waals surface area contributed by atoms with Crippen LogP contribution in [0, 0.1) is 17.0 Å².